The molecule has 0 fully saturated rings. The monoisotopic (exact) mass is 163 g/mol. The van der Waals surface area contributed by atoms with Gasteiger partial charge in [-0.05, 0) is 14.0 Å². The second-order valence-corrected chi connectivity index (χ2v) is 1.78. The second kappa shape index (κ2) is 4.19. The SMILES string of the molecule is CNC(C)c1nn[nH]n1.Cl. The van der Waals surface area contributed by atoms with Crippen molar-refractivity contribution in [2.45, 2.75) is 13.0 Å². The van der Waals surface area contributed by atoms with Gasteiger partial charge >= 0.3 is 0 Å². The first-order valence-corrected chi connectivity index (χ1v) is 2.75. The van der Waals surface area contributed by atoms with Crippen LogP contribution in [-0.2, 0) is 0 Å². The Bertz CT molecular complexity index is 162. The minimum absolute atomic E-state index is 0. The molecule has 1 aromatic heterocycles. The Morgan fingerprint density at radius 1 is 1.60 bits per heavy atom. The quantitative estimate of drug-likeness (QED) is 0.639. The maximum Gasteiger partial charge on any atom is 0.191 e. The van der Waals surface area contributed by atoms with Crippen LogP contribution in [0.3, 0.4) is 0 Å². The molecule has 58 valence electrons. The van der Waals surface area contributed by atoms with Gasteiger partial charge in [0.25, 0.3) is 0 Å². The van der Waals surface area contributed by atoms with Gasteiger partial charge in [0.05, 0.1) is 6.04 Å². The number of aromatic amines is 1. The van der Waals surface area contributed by atoms with E-state index in [2.05, 4.69) is 25.9 Å². The number of hydrogen-bond acceptors (Lipinski definition) is 4. The zero-order chi connectivity index (χ0) is 6.69. The summed E-state index contributed by atoms with van der Waals surface area (Å²) in [5.41, 5.74) is 0. The zero-order valence-corrected chi connectivity index (χ0v) is 6.64. The topological polar surface area (TPSA) is 66.5 Å². The van der Waals surface area contributed by atoms with Gasteiger partial charge in [0.2, 0.25) is 0 Å². The van der Waals surface area contributed by atoms with E-state index in [1.807, 2.05) is 14.0 Å². The molecule has 0 spiro atoms. The normalized spacial score (nSPS) is 12.2. The van der Waals surface area contributed by atoms with Gasteiger partial charge in [-0.15, -0.1) is 22.6 Å². The molecule has 6 heteroatoms. The highest BCUT2D eigenvalue weighted by atomic mass is 35.5. The molecule has 0 saturated heterocycles. The third-order valence-corrected chi connectivity index (χ3v) is 1.18. The van der Waals surface area contributed by atoms with Crippen LogP contribution in [0.25, 0.3) is 0 Å². The van der Waals surface area contributed by atoms with Crippen LogP contribution in [0, 0.1) is 0 Å². The Kier molecular flexibility index (Phi) is 3.90. The van der Waals surface area contributed by atoms with Gasteiger partial charge in [0.15, 0.2) is 5.82 Å². The van der Waals surface area contributed by atoms with Gasteiger partial charge in [0.1, 0.15) is 0 Å². The van der Waals surface area contributed by atoms with Crippen molar-refractivity contribution in [3.63, 3.8) is 0 Å². The van der Waals surface area contributed by atoms with Crippen LogP contribution in [0.2, 0.25) is 0 Å². The van der Waals surface area contributed by atoms with Crippen molar-refractivity contribution >= 4 is 12.4 Å². The second-order valence-electron chi connectivity index (χ2n) is 1.78. The lowest BCUT2D eigenvalue weighted by Crippen LogP contribution is -2.13. The molecule has 1 unspecified atom stereocenters. The Balaban J connectivity index is 0.000000810. The Morgan fingerprint density at radius 2 is 2.30 bits per heavy atom. The molecule has 1 heterocycles. The van der Waals surface area contributed by atoms with E-state index in [1.165, 1.54) is 0 Å². The summed E-state index contributed by atoms with van der Waals surface area (Å²) in [6.45, 7) is 1.96. The maximum absolute atomic E-state index is 3.78. The largest absolute Gasteiger partial charge is 0.310 e. The Hall–Kier alpha value is -0.680. The summed E-state index contributed by atoms with van der Waals surface area (Å²) in [6.07, 6.45) is 0. The summed E-state index contributed by atoms with van der Waals surface area (Å²) in [6, 6.07) is 0.170. The van der Waals surface area contributed by atoms with E-state index in [4.69, 9.17) is 0 Å². The summed E-state index contributed by atoms with van der Waals surface area (Å²) >= 11 is 0. The summed E-state index contributed by atoms with van der Waals surface area (Å²) in [4.78, 5) is 0. The van der Waals surface area contributed by atoms with Crippen LogP contribution in [0.1, 0.15) is 18.8 Å². The van der Waals surface area contributed by atoms with Crippen molar-refractivity contribution in [1.29, 1.82) is 0 Å². The molecule has 0 bridgehead atoms. The van der Waals surface area contributed by atoms with E-state index in [0.29, 0.717) is 5.82 Å². The van der Waals surface area contributed by atoms with E-state index in [9.17, 15) is 0 Å². The van der Waals surface area contributed by atoms with E-state index in [0.717, 1.165) is 0 Å². The van der Waals surface area contributed by atoms with E-state index < -0.39 is 0 Å². The van der Waals surface area contributed by atoms with Gasteiger partial charge in [-0.1, -0.05) is 5.21 Å². The molecule has 10 heavy (non-hydrogen) atoms. The van der Waals surface area contributed by atoms with Crippen molar-refractivity contribution < 1.29 is 0 Å². The average Bonchev–Trinajstić information content (AvgIpc) is 2.37. The van der Waals surface area contributed by atoms with Crippen molar-refractivity contribution in [3.05, 3.63) is 5.82 Å². The van der Waals surface area contributed by atoms with Gasteiger partial charge in [0, 0.05) is 0 Å². The standard InChI is InChI=1S/C4H9N5.ClH/c1-3(5-2)4-6-8-9-7-4;/h3,5H,1-2H3,(H,6,7,8,9);1H. The molecule has 2 N–H and O–H groups in total. The van der Waals surface area contributed by atoms with Crippen LogP contribution >= 0.6 is 12.4 Å². The Labute approximate surface area is 65.0 Å². The molecule has 0 aliphatic carbocycles. The molecule has 0 aliphatic rings. The number of nitrogens with zero attached hydrogens (tertiary/aromatic N) is 3. The predicted octanol–water partition coefficient (Wildman–Crippen LogP) is -0.0981. The lowest BCUT2D eigenvalue weighted by atomic mass is 10.3. The van der Waals surface area contributed by atoms with Crippen LogP contribution in [0.4, 0.5) is 0 Å². The van der Waals surface area contributed by atoms with E-state index in [1.54, 1.807) is 0 Å². The minimum atomic E-state index is 0. The van der Waals surface area contributed by atoms with Crippen molar-refractivity contribution in [2.75, 3.05) is 7.05 Å². The first kappa shape index (κ1) is 9.32. The molecule has 0 aromatic carbocycles. The Morgan fingerprint density at radius 3 is 2.70 bits per heavy atom. The first-order chi connectivity index (χ1) is 4.34. The molecule has 5 nitrogen and oxygen atoms in total. The number of nitrogens with one attached hydrogen (secondary N) is 2. The third kappa shape index (κ3) is 1.93. The van der Waals surface area contributed by atoms with Gasteiger partial charge in [-0.2, -0.15) is 5.21 Å². The molecule has 1 aromatic rings. The predicted molar refractivity (Wildman–Crippen MR) is 38.9 cm³/mol. The van der Waals surface area contributed by atoms with Gasteiger partial charge in [-0.3, -0.25) is 0 Å². The fraction of sp³-hybridized carbons (Fsp3) is 0.750. The minimum Gasteiger partial charge on any atom is -0.310 e. The summed E-state index contributed by atoms with van der Waals surface area (Å²) in [7, 11) is 1.85. The summed E-state index contributed by atoms with van der Waals surface area (Å²) < 4.78 is 0. The highest BCUT2D eigenvalue weighted by molar-refractivity contribution is 5.85. The third-order valence-electron chi connectivity index (χ3n) is 1.18. The lowest BCUT2D eigenvalue weighted by Gasteiger charge is -2.00. The van der Waals surface area contributed by atoms with E-state index >= 15 is 0 Å². The number of H-pyrrole nitrogens is 1. The molecule has 1 atom stereocenters. The fourth-order valence-corrected chi connectivity index (χ4v) is 0.482. The maximum atomic E-state index is 3.78. The molecule has 1 rings (SSSR count). The highest BCUT2D eigenvalue weighted by Gasteiger charge is 2.04. The lowest BCUT2D eigenvalue weighted by molar-refractivity contribution is 0.611. The van der Waals surface area contributed by atoms with Crippen LogP contribution < -0.4 is 5.32 Å². The van der Waals surface area contributed by atoms with E-state index in [-0.39, 0.29) is 18.4 Å². The van der Waals surface area contributed by atoms with Crippen molar-refractivity contribution in [2.24, 2.45) is 0 Å². The first-order valence-electron chi connectivity index (χ1n) is 2.75. The number of rotatable bonds is 2. The fourth-order valence-electron chi connectivity index (χ4n) is 0.482. The number of aromatic nitrogens is 4. The smallest absolute Gasteiger partial charge is 0.191 e. The number of hydrogen-bond donors (Lipinski definition) is 2. The molecule has 0 saturated carbocycles. The van der Waals surface area contributed by atoms with Crippen molar-refractivity contribution in [1.82, 2.24) is 25.9 Å². The number of halogens is 1. The van der Waals surface area contributed by atoms with Crippen LogP contribution in [0.15, 0.2) is 0 Å². The summed E-state index contributed by atoms with van der Waals surface area (Å²) in [5, 5.41) is 16.3. The van der Waals surface area contributed by atoms with Gasteiger partial charge in [-0.25, -0.2) is 0 Å². The molecule has 0 radical (unpaired) electrons. The van der Waals surface area contributed by atoms with Crippen LogP contribution in [0.5, 0.6) is 0 Å². The van der Waals surface area contributed by atoms with Crippen LogP contribution in [-0.4, -0.2) is 27.7 Å². The highest BCUT2D eigenvalue weighted by Crippen LogP contribution is 1.99. The molecule has 0 amide bonds. The molecular weight excluding hydrogens is 154 g/mol. The summed E-state index contributed by atoms with van der Waals surface area (Å²) in [5.74, 6) is 0.692. The van der Waals surface area contributed by atoms with Gasteiger partial charge < -0.3 is 5.32 Å². The zero-order valence-electron chi connectivity index (χ0n) is 5.83. The molecule has 0 aliphatic heterocycles. The van der Waals surface area contributed by atoms with Crippen molar-refractivity contribution in [3.8, 4) is 0 Å². The molecular formula is C4H10ClN5. The number of tetrazole rings is 1. The average molecular weight is 164 g/mol.